The summed E-state index contributed by atoms with van der Waals surface area (Å²) in [5, 5.41) is 29.6. The molecule has 4 heteroatoms. The molecule has 0 heterocycles. The molecule has 5 atom stereocenters. The Kier molecular flexibility index (Phi) is 8.16. The minimum absolute atomic E-state index is 0.152. The number of fused-ring (bicyclic) bond motifs is 1. The molecule has 0 spiro atoms. The van der Waals surface area contributed by atoms with Gasteiger partial charge in [0.15, 0.2) is 0 Å². The van der Waals surface area contributed by atoms with Crippen molar-refractivity contribution in [2.75, 3.05) is 0 Å². The highest BCUT2D eigenvalue weighted by molar-refractivity contribution is 5.66. The third-order valence-electron chi connectivity index (χ3n) is 7.29. The number of unbranched alkanes of at least 4 members (excludes halogenated alkanes) is 1. The van der Waals surface area contributed by atoms with Crippen molar-refractivity contribution in [2.24, 2.45) is 23.7 Å². The van der Waals surface area contributed by atoms with E-state index in [4.69, 9.17) is 5.11 Å². The standard InChI is InChI=1S/C24H38O4/c25-20(11-10-17-6-2-1-3-7-17)12-13-21-22-15-18(8-4-5-9-24(27)28)14-19(22)16-23(21)26/h8,12-13,17,19-23,25-26H,1-7,9-11,14-16H2,(H,27,28)/t19-,20-,21-,22+,23-/m1/s1. The average molecular weight is 391 g/mol. The fourth-order valence-corrected chi connectivity index (χ4v) is 5.73. The van der Waals surface area contributed by atoms with Crippen molar-refractivity contribution in [1.29, 1.82) is 0 Å². The summed E-state index contributed by atoms with van der Waals surface area (Å²) in [5.74, 6) is 1.23. The molecule has 3 aliphatic carbocycles. The monoisotopic (exact) mass is 390 g/mol. The number of carbonyl (C=O) groups is 1. The molecule has 0 amide bonds. The number of allylic oxidation sites excluding steroid dienone is 2. The second-order valence-corrected chi connectivity index (χ2v) is 9.39. The lowest BCUT2D eigenvalue weighted by Gasteiger charge is -2.22. The zero-order valence-corrected chi connectivity index (χ0v) is 17.1. The summed E-state index contributed by atoms with van der Waals surface area (Å²) in [7, 11) is 0. The van der Waals surface area contributed by atoms with E-state index in [0.717, 1.165) is 44.4 Å². The molecule has 0 bridgehead atoms. The summed E-state index contributed by atoms with van der Waals surface area (Å²) in [6.07, 6.45) is 18.9. The van der Waals surface area contributed by atoms with Crippen molar-refractivity contribution in [3.63, 3.8) is 0 Å². The van der Waals surface area contributed by atoms with Crippen LogP contribution in [0.5, 0.6) is 0 Å². The van der Waals surface area contributed by atoms with Crippen LogP contribution in [0.3, 0.4) is 0 Å². The first-order valence-corrected chi connectivity index (χ1v) is 11.5. The van der Waals surface area contributed by atoms with Gasteiger partial charge in [0.25, 0.3) is 0 Å². The number of hydrogen-bond donors (Lipinski definition) is 3. The molecule has 3 rings (SSSR count). The molecular weight excluding hydrogens is 352 g/mol. The van der Waals surface area contributed by atoms with Gasteiger partial charge in [-0.2, -0.15) is 0 Å². The zero-order chi connectivity index (χ0) is 19.9. The van der Waals surface area contributed by atoms with Gasteiger partial charge in [-0.1, -0.05) is 55.9 Å². The summed E-state index contributed by atoms with van der Waals surface area (Å²) in [6.45, 7) is 0. The van der Waals surface area contributed by atoms with Crippen LogP contribution in [0.2, 0.25) is 0 Å². The highest BCUT2D eigenvalue weighted by Crippen LogP contribution is 2.50. The summed E-state index contributed by atoms with van der Waals surface area (Å²) in [5.41, 5.74) is 1.43. The van der Waals surface area contributed by atoms with Crippen LogP contribution in [0.25, 0.3) is 0 Å². The van der Waals surface area contributed by atoms with Crippen molar-refractivity contribution < 1.29 is 20.1 Å². The Morgan fingerprint density at radius 3 is 2.71 bits per heavy atom. The number of rotatable bonds is 9. The first-order chi connectivity index (χ1) is 13.5. The fourth-order valence-electron chi connectivity index (χ4n) is 5.73. The van der Waals surface area contributed by atoms with E-state index < -0.39 is 5.97 Å². The molecule has 0 unspecified atom stereocenters. The van der Waals surface area contributed by atoms with E-state index in [1.807, 2.05) is 6.08 Å². The highest BCUT2D eigenvalue weighted by Gasteiger charge is 2.44. The Labute approximate surface area is 169 Å². The minimum Gasteiger partial charge on any atom is -0.481 e. The normalized spacial score (nSPS) is 33.6. The van der Waals surface area contributed by atoms with E-state index >= 15 is 0 Å². The van der Waals surface area contributed by atoms with Crippen molar-refractivity contribution in [3.8, 4) is 0 Å². The average Bonchev–Trinajstić information content (AvgIpc) is 3.19. The topological polar surface area (TPSA) is 77.8 Å². The molecule has 158 valence electrons. The van der Waals surface area contributed by atoms with Gasteiger partial charge in [-0.15, -0.1) is 0 Å². The smallest absolute Gasteiger partial charge is 0.303 e. The number of aliphatic hydroxyl groups excluding tert-OH is 2. The molecule has 3 saturated carbocycles. The molecular formula is C24H38O4. The maximum absolute atomic E-state index is 10.6. The summed E-state index contributed by atoms with van der Waals surface area (Å²) in [4.78, 5) is 10.6. The maximum Gasteiger partial charge on any atom is 0.303 e. The number of aliphatic hydroxyl groups is 2. The Morgan fingerprint density at radius 1 is 1.18 bits per heavy atom. The predicted molar refractivity (Wildman–Crippen MR) is 111 cm³/mol. The maximum atomic E-state index is 10.6. The second-order valence-electron chi connectivity index (χ2n) is 9.39. The quantitative estimate of drug-likeness (QED) is 0.388. The Morgan fingerprint density at radius 2 is 1.96 bits per heavy atom. The van der Waals surface area contributed by atoms with Crippen molar-refractivity contribution in [3.05, 3.63) is 23.8 Å². The Bertz CT molecular complexity index is 561. The van der Waals surface area contributed by atoms with E-state index in [0.29, 0.717) is 18.3 Å². The molecule has 0 aromatic heterocycles. The predicted octanol–water partition coefficient (Wildman–Crippen LogP) is 4.85. The Balaban J connectivity index is 1.44. The van der Waals surface area contributed by atoms with Gasteiger partial charge in [-0.3, -0.25) is 4.79 Å². The molecule has 0 radical (unpaired) electrons. The molecule has 0 saturated heterocycles. The molecule has 0 aromatic carbocycles. The summed E-state index contributed by atoms with van der Waals surface area (Å²) < 4.78 is 0. The Hall–Kier alpha value is -1.13. The molecule has 3 fully saturated rings. The van der Waals surface area contributed by atoms with E-state index in [1.165, 1.54) is 37.7 Å². The van der Waals surface area contributed by atoms with Crippen LogP contribution in [0.15, 0.2) is 23.8 Å². The SMILES string of the molecule is O=C(O)CCCC=C1C[C@@H]2C[C@@H](O)[C@H](C=C[C@H](O)CCC3CCCCC3)[C@H]2C1. The van der Waals surface area contributed by atoms with Crippen LogP contribution in [-0.2, 0) is 4.79 Å². The number of aliphatic carboxylic acids is 1. The number of hydrogen-bond acceptors (Lipinski definition) is 3. The largest absolute Gasteiger partial charge is 0.481 e. The van der Waals surface area contributed by atoms with Crippen LogP contribution in [-0.4, -0.2) is 33.5 Å². The zero-order valence-electron chi connectivity index (χ0n) is 17.1. The van der Waals surface area contributed by atoms with Crippen LogP contribution in [0.1, 0.15) is 83.5 Å². The fraction of sp³-hybridized carbons (Fsp3) is 0.792. The lowest BCUT2D eigenvalue weighted by molar-refractivity contribution is -0.137. The van der Waals surface area contributed by atoms with Gasteiger partial charge < -0.3 is 15.3 Å². The third kappa shape index (κ3) is 6.18. The number of carboxylic acid groups (broad SMARTS) is 1. The van der Waals surface area contributed by atoms with Gasteiger partial charge in [0.05, 0.1) is 12.2 Å². The van der Waals surface area contributed by atoms with Gasteiger partial charge in [-0.25, -0.2) is 0 Å². The number of carboxylic acids is 1. The van der Waals surface area contributed by atoms with Crippen LogP contribution < -0.4 is 0 Å². The van der Waals surface area contributed by atoms with Gasteiger partial charge >= 0.3 is 5.97 Å². The minimum atomic E-state index is -0.725. The first kappa shape index (κ1) is 21.6. The third-order valence-corrected chi connectivity index (χ3v) is 7.29. The van der Waals surface area contributed by atoms with Gasteiger partial charge in [0.2, 0.25) is 0 Å². The van der Waals surface area contributed by atoms with Crippen molar-refractivity contribution in [1.82, 2.24) is 0 Å². The van der Waals surface area contributed by atoms with E-state index in [1.54, 1.807) is 0 Å². The van der Waals surface area contributed by atoms with E-state index in [2.05, 4.69) is 12.2 Å². The van der Waals surface area contributed by atoms with E-state index in [9.17, 15) is 15.0 Å². The van der Waals surface area contributed by atoms with Gasteiger partial charge in [-0.05, 0) is 62.7 Å². The van der Waals surface area contributed by atoms with Crippen LogP contribution in [0.4, 0.5) is 0 Å². The lowest BCUT2D eigenvalue weighted by atomic mass is 9.85. The van der Waals surface area contributed by atoms with Crippen molar-refractivity contribution >= 4 is 5.97 Å². The summed E-state index contributed by atoms with van der Waals surface area (Å²) in [6, 6.07) is 0. The second kappa shape index (κ2) is 10.6. The molecule has 3 aliphatic rings. The molecule has 4 nitrogen and oxygen atoms in total. The molecule has 3 N–H and O–H groups in total. The van der Waals surface area contributed by atoms with Crippen LogP contribution >= 0.6 is 0 Å². The molecule has 0 aliphatic heterocycles. The van der Waals surface area contributed by atoms with Gasteiger partial charge in [0, 0.05) is 12.3 Å². The lowest BCUT2D eigenvalue weighted by Crippen LogP contribution is -2.18. The molecule has 0 aromatic rings. The van der Waals surface area contributed by atoms with Crippen LogP contribution in [0, 0.1) is 23.7 Å². The molecule has 28 heavy (non-hydrogen) atoms. The van der Waals surface area contributed by atoms with Crippen molar-refractivity contribution in [2.45, 2.75) is 95.7 Å². The first-order valence-electron chi connectivity index (χ1n) is 11.5. The summed E-state index contributed by atoms with van der Waals surface area (Å²) >= 11 is 0. The van der Waals surface area contributed by atoms with Gasteiger partial charge in [0.1, 0.15) is 0 Å². The highest BCUT2D eigenvalue weighted by atomic mass is 16.4. The van der Waals surface area contributed by atoms with E-state index in [-0.39, 0.29) is 24.5 Å².